The molecule has 0 unspecified atom stereocenters. The largest absolute Gasteiger partial charge is 0.493 e. The van der Waals surface area contributed by atoms with Gasteiger partial charge < -0.3 is 14.2 Å². The van der Waals surface area contributed by atoms with Gasteiger partial charge in [0.1, 0.15) is 11.6 Å². The first-order valence-electron chi connectivity index (χ1n) is 9.62. The number of nitrogens with zero attached hydrogens (tertiary/aromatic N) is 1. The van der Waals surface area contributed by atoms with E-state index in [-0.39, 0.29) is 12.4 Å². The standard InChI is InChI=1S/C24H21FN2O5/c1-16-3-6-18(7-4-16)24(29)32-21-12-5-17(13-22(21)30-2)14-26-27-23(28)15-31-20-10-8-19(25)9-11-20/h3-14H,15H2,1-2H3,(H,27,28)/b26-14+. The fourth-order valence-electron chi connectivity index (χ4n) is 2.59. The molecule has 0 aliphatic carbocycles. The van der Waals surface area contributed by atoms with Crippen LogP contribution in [0.3, 0.4) is 0 Å². The van der Waals surface area contributed by atoms with Crippen LogP contribution in [0.15, 0.2) is 71.8 Å². The summed E-state index contributed by atoms with van der Waals surface area (Å²) in [6.07, 6.45) is 1.41. The monoisotopic (exact) mass is 436 g/mol. The van der Waals surface area contributed by atoms with E-state index in [1.807, 2.05) is 19.1 Å². The van der Waals surface area contributed by atoms with Crippen molar-refractivity contribution in [2.45, 2.75) is 6.92 Å². The molecular weight excluding hydrogens is 415 g/mol. The highest BCUT2D eigenvalue weighted by Crippen LogP contribution is 2.28. The Bertz CT molecular complexity index is 1110. The van der Waals surface area contributed by atoms with Crippen molar-refractivity contribution in [3.8, 4) is 17.2 Å². The molecule has 0 aliphatic heterocycles. The van der Waals surface area contributed by atoms with Crippen LogP contribution in [0.1, 0.15) is 21.5 Å². The zero-order valence-electron chi connectivity index (χ0n) is 17.5. The van der Waals surface area contributed by atoms with Gasteiger partial charge in [-0.1, -0.05) is 17.7 Å². The molecule has 0 bridgehead atoms. The molecule has 8 heteroatoms. The van der Waals surface area contributed by atoms with Gasteiger partial charge in [-0.3, -0.25) is 4.79 Å². The van der Waals surface area contributed by atoms with E-state index in [2.05, 4.69) is 10.5 Å². The molecule has 1 amide bonds. The zero-order chi connectivity index (χ0) is 22.9. The molecule has 3 rings (SSSR count). The number of esters is 1. The molecule has 0 aliphatic rings. The first kappa shape index (κ1) is 22.5. The van der Waals surface area contributed by atoms with Crippen LogP contribution in [0, 0.1) is 12.7 Å². The molecule has 0 saturated carbocycles. The first-order valence-corrected chi connectivity index (χ1v) is 9.62. The summed E-state index contributed by atoms with van der Waals surface area (Å²) in [5.41, 5.74) is 4.40. The fraction of sp³-hybridized carbons (Fsp3) is 0.125. The van der Waals surface area contributed by atoms with Gasteiger partial charge in [0.05, 0.1) is 18.9 Å². The van der Waals surface area contributed by atoms with Crippen molar-refractivity contribution >= 4 is 18.1 Å². The predicted octanol–water partition coefficient (Wildman–Crippen LogP) is 3.89. The molecule has 3 aromatic carbocycles. The van der Waals surface area contributed by atoms with Crippen molar-refractivity contribution in [1.82, 2.24) is 5.43 Å². The maximum atomic E-state index is 12.9. The molecule has 3 aromatic rings. The average Bonchev–Trinajstić information content (AvgIpc) is 2.80. The van der Waals surface area contributed by atoms with Crippen LogP contribution < -0.4 is 19.6 Å². The van der Waals surface area contributed by atoms with Crippen LogP contribution in [0.2, 0.25) is 0 Å². The van der Waals surface area contributed by atoms with E-state index < -0.39 is 17.7 Å². The summed E-state index contributed by atoms with van der Waals surface area (Å²) in [6, 6.07) is 17.2. The van der Waals surface area contributed by atoms with Crippen molar-refractivity contribution in [2.75, 3.05) is 13.7 Å². The number of benzene rings is 3. The lowest BCUT2D eigenvalue weighted by Gasteiger charge is -2.10. The number of amides is 1. The molecule has 164 valence electrons. The van der Waals surface area contributed by atoms with Gasteiger partial charge in [0.2, 0.25) is 0 Å². The Labute approximate surface area is 184 Å². The van der Waals surface area contributed by atoms with E-state index in [0.29, 0.717) is 22.6 Å². The Morgan fingerprint density at radius 1 is 1.00 bits per heavy atom. The number of carbonyl (C=O) groups excluding carboxylic acids is 2. The summed E-state index contributed by atoms with van der Waals surface area (Å²) in [5, 5.41) is 3.86. The Kier molecular flexibility index (Phi) is 7.53. The van der Waals surface area contributed by atoms with Crippen LogP contribution in [0.25, 0.3) is 0 Å². The third-order valence-electron chi connectivity index (χ3n) is 4.26. The number of aryl methyl sites for hydroxylation is 1. The highest BCUT2D eigenvalue weighted by molar-refractivity contribution is 5.91. The van der Waals surface area contributed by atoms with Gasteiger partial charge in [-0.15, -0.1) is 0 Å². The summed E-state index contributed by atoms with van der Waals surface area (Å²) in [7, 11) is 1.45. The number of hydrogen-bond acceptors (Lipinski definition) is 6. The topological polar surface area (TPSA) is 86.2 Å². The van der Waals surface area contributed by atoms with Crippen LogP contribution >= 0.6 is 0 Å². The van der Waals surface area contributed by atoms with Gasteiger partial charge in [-0.05, 0) is 67.1 Å². The fourth-order valence-corrected chi connectivity index (χ4v) is 2.59. The quantitative estimate of drug-likeness (QED) is 0.251. The minimum absolute atomic E-state index is 0.256. The molecular formula is C24H21FN2O5. The minimum atomic E-state index is -0.502. The third-order valence-corrected chi connectivity index (χ3v) is 4.26. The molecule has 7 nitrogen and oxygen atoms in total. The molecule has 1 N–H and O–H groups in total. The predicted molar refractivity (Wildman–Crippen MR) is 117 cm³/mol. The summed E-state index contributed by atoms with van der Waals surface area (Å²) in [6.45, 7) is 1.65. The minimum Gasteiger partial charge on any atom is -0.493 e. The molecule has 0 fully saturated rings. The number of nitrogens with one attached hydrogen (secondary N) is 1. The first-order chi connectivity index (χ1) is 15.4. The number of rotatable bonds is 8. The van der Waals surface area contributed by atoms with Gasteiger partial charge in [0.25, 0.3) is 5.91 Å². The van der Waals surface area contributed by atoms with Crippen molar-refractivity contribution in [3.05, 3.63) is 89.2 Å². The molecule has 0 atom stereocenters. The van der Waals surface area contributed by atoms with Crippen molar-refractivity contribution in [3.63, 3.8) is 0 Å². The number of hydrazone groups is 1. The lowest BCUT2D eigenvalue weighted by Crippen LogP contribution is -2.24. The second-order valence-electron chi connectivity index (χ2n) is 6.70. The number of carbonyl (C=O) groups is 2. The van der Waals surface area contributed by atoms with E-state index in [4.69, 9.17) is 14.2 Å². The second kappa shape index (κ2) is 10.7. The SMILES string of the molecule is COc1cc(/C=N/NC(=O)COc2ccc(F)cc2)ccc1OC(=O)c1ccc(C)cc1. The maximum absolute atomic E-state index is 12.9. The van der Waals surface area contributed by atoms with Crippen LogP contribution in [0.5, 0.6) is 17.2 Å². The smallest absolute Gasteiger partial charge is 0.343 e. The van der Waals surface area contributed by atoms with Crippen molar-refractivity contribution in [2.24, 2.45) is 5.10 Å². The van der Waals surface area contributed by atoms with Gasteiger partial charge >= 0.3 is 5.97 Å². The normalized spacial score (nSPS) is 10.6. The van der Waals surface area contributed by atoms with Gasteiger partial charge in [0.15, 0.2) is 18.1 Å². The lowest BCUT2D eigenvalue weighted by molar-refractivity contribution is -0.123. The molecule has 0 saturated heterocycles. The van der Waals surface area contributed by atoms with Gasteiger partial charge in [-0.25, -0.2) is 14.6 Å². The average molecular weight is 436 g/mol. The van der Waals surface area contributed by atoms with E-state index in [0.717, 1.165) is 5.56 Å². The number of methoxy groups -OCH3 is 1. The number of halogens is 1. The van der Waals surface area contributed by atoms with Gasteiger partial charge in [0, 0.05) is 0 Å². The van der Waals surface area contributed by atoms with Crippen molar-refractivity contribution in [1.29, 1.82) is 0 Å². The summed E-state index contributed by atoms with van der Waals surface area (Å²) in [5.74, 6) is -0.421. The highest BCUT2D eigenvalue weighted by atomic mass is 19.1. The molecule has 0 radical (unpaired) electrons. The number of ether oxygens (including phenoxy) is 3. The number of hydrogen-bond donors (Lipinski definition) is 1. The molecule has 0 spiro atoms. The lowest BCUT2D eigenvalue weighted by atomic mass is 10.1. The third kappa shape index (κ3) is 6.40. The Morgan fingerprint density at radius 2 is 1.72 bits per heavy atom. The van der Waals surface area contributed by atoms with Crippen LogP contribution in [-0.2, 0) is 4.79 Å². The molecule has 0 heterocycles. The van der Waals surface area contributed by atoms with Crippen molar-refractivity contribution < 1.29 is 28.2 Å². The Hall–Kier alpha value is -4.20. The second-order valence-corrected chi connectivity index (χ2v) is 6.70. The van der Waals surface area contributed by atoms with Gasteiger partial charge in [-0.2, -0.15) is 5.10 Å². The van der Waals surface area contributed by atoms with E-state index in [1.54, 1.807) is 30.3 Å². The maximum Gasteiger partial charge on any atom is 0.343 e. The zero-order valence-corrected chi connectivity index (χ0v) is 17.5. The van der Waals surface area contributed by atoms with Crippen LogP contribution in [0.4, 0.5) is 4.39 Å². The van der Waals surface area contributed by atoms with Crippen LogP contribution in [-0.4, -0.2) is 31.8 Å². The highest BCUT2D eigenvalue weighted by Gasteiger charge is 2.12. The van der Waals surface area contributed by atoms with E-state index in [9.17, 15) is 14.0 Å². The summed E-state index contributed by atoms with van der Waals surface area (Å²) in [4.78, 5) is 24.1. The molecule has 0 aromatic heterocycles. The molecule has 32 heavy (non-hydrogen) atoms. The Balaban J connectivity index is 1.55. The van der Waals surface area contributed by atoms with E-state index >= 15 is 0 Å². The van der Waals surface area contributed by atoms with E-state index in [1.165, 1.54) is 37.6 Å². The summed E-state index contributed by atoms with van der Waals surface area (Å²) < 4.78 is 28.8. The summed E-state index contributed by atoms with van der Waals surface area (Å²) >= 11 is 0. The Morgan fingerprint density at radius 3 is 2.41 bits per heavy atom.